The third kappa shape index (κ3) is 3.72. The molecule has 4 rings (SSSR count). The van der Waals surface area contributed by atoms with E-state index in [9.17, 15) is 9.59 Å². The molecule has 0 spiro atoms. The summed E-state index contributed by atoms with van der Waals surface area (Å²) in [5.74, 6) is 1.17. The van der Waals surface area contributed by atoms with Gasteiger partial charge in [0, 0.05) is 37.9 Å². The molecule has 2 aliphatic rings. The maximum absolute atomic E-state index is 12.9. The van der Waals surface area contributed by atoms with Crippen LogP contribution in [0.3, 0.4) is 0 Å². The molecule has 0 N–H and O–H groups in total. The minimum absolute atomic E-state index is 0.0120. The summed E-state index contributed by atoms with van der Waals surface area (Å²) in [5.41, 5.74) is 3.22. The lowest BCUT2D eigenvalue weighted by Crippen LogP contribution is -2.44. The fourth-order valence-electron chi connectivity index (χ4n) is 3.93. The lowest BCUT2D eigenvalue weighted by atomic mass is 10.00. The molecule has 1 fully saturated rings. The molecule has 0 unspecified atom stereocenters. The Bertz CT molecular complexity index is 930. The van der Waals surface area contributed by atoms with Gasteiger partial charge in [0.1, 0.15) is 6.54 Å². The normalized spacial score (nSPS) is 16.1. The number of fused-ring (bicyclic) bond motifs is 1. The molecule has 0 atom stereocenters. The highest BCUT2D eigenvalue weighted by Gasteiger charge is 2.33. The predicted molar refractivity (Wildman–Crippen MR) is 109 cm³/mol. The van der Waals surface area contributed by atoms with Crippen LogP contribution in [-0.2, 0) is 17.8 Å². The van der Waals surface area contributed by atoms with Crippen molar-refractivity contribution >= 4 is 17.6 Å². The fourth-order valence-corrected chi connectivity index (χ4v) is 3.93. The fraction of sp³-hybridized carbons (Fsp3) is 0.364. The lowest BCUT2D eigenvalue weighted by molar-refractivity contribution is -0.132. The Balaban J connectivity index is 1.41. The van der Waals surface area contributed by atoms with Gasteiger partial charge in [-0.3, -0.25) is 9.69 Å². The molecule has 2 aromatic rings. The second kappa shape index (κ2) is 8.03. The summed E-state index contributed by atoms with van der Waals surface area (Å²) in [6, 6.07) is 13.4. The van der Waals surface area contributed by atoms with Crippen LogP contribution in [0.15, 0.2) is 42.5 Å². The Morgan fingerprint density at radius 3 is 2.48 bits per heavy atom. The number of rotatable bonds is 5. The summed E-state index contributed by atoms with van der Waals surface area (Å²) in [7, 11) is 3.14. The second-order valence-electron chi connectivity index (χ2n) is 7.23. The van der Waals surface area contributed by atoms with Gasteiger partial charge in [-0.15, -0.1) is 0 Å². The highest BCUT2D eigenvalue weighted by molar-refractivity contribution is 5.96. The molecule has 3 amide bonds. The van der Waals surface area contributed by atoms with Crippen molar-refractivity contribution in [1.82, 2.24) is 9.80 Å². The predicted octanol–water partition coefficient (Wildman–Crippen LogP) is 2.53. The molecule has 0 radical (unpaired) electrons. The summed E-state index contributed by atoms with van der Waals surface area (Å²) >= 11 is 0. The van der Waals surface area contributed by atoms with Gasteiger partial charge in [0.2, 0.25) is 5.91 Å². The summed E-state index contributed by atoms with van der Waals surface area (Å²) in [4.78, 5) is 30.8. The zero-order valence-electron chi connectivity index (χ0n) is 16.8. The van der Waals surface area contributed by atoms with Gasteiger partial charge in [-0.2, -0.15) is 0 Å². The molecule has 0 bridgehead atoms. The monoisotopic (exact) mass is 395 g/mol. The van der Waals surface area contributed by atoms with E-state index in [2.05, 4.69) is 12.1 Å². The van der Waals surface area contributed by atoms with Gasteiger partial charge >= 0.3 is 6.03 Å². The first-order chi connectivity index (χ1) is 14.1. The minimum atomic E-state index is -0.164. The third-order valence-corrected chi connectivity index (χ3v) is 5.58. The quantitative estimate of drug-likeness (QED) is 0.781. The van der Waals surface area contributed by atoms with Crippen LogP contribution in [0.1, 0.15) is 11.1 Å². The van der Waals surface area contributed by atoms with E-state index in [4.69, 9.17) is 9.47 Å². The number of benzene rings is 2. The Morgan fingerprint density at radius 1 is 0.966 bits per heavy atom. The molecular formula is C22H25N3O4. The van der Waals surface area contributed by atoms with Crippen LogP contribution in [0, 0.1) is 0 Å². The first-order valence-electron chi connectivity index (χ1n) is 9.73. The van der Waals surface area contributed by atoms with Crippen molar-refractivity contribution in [1.29, 1.82) is 0 Å². The molecule has 1 saturated heterocycles. The van der Waals surface area contributed by atoms with E-state index in [-0.39, 0.29) is 18.5 Å². The van der Waals surface area contributed by atoms with Gasteiger partial charge in [0.25, 0.3) is 0 Å². The van der Waals surface area contributed by atoms with Crippen molar-refractivity contribution in [2.75, 3.05) is 45.3 Å². The number of hydrogen-bond donors (Lipinski definition) is 0. The van der Waals surface area contributed by atoms with Crippen LogP contribution in [0.2, 0.25) is 0 Å². The van der Waals surface area contributed by atoms with Gasteiger partial charge in [0.15, 0.2) is 11.5 Å². The molecular weight excluding hydrogens is 370 g/mol. The van der Waals surface area contributed by atoms with Crippen LogP contribution >= 0.6 is 0 Å². The Morgan fingerprint density at radius 2 is 1.72 bits per heavy atom. The number of urea groups is 1. The van der Waals surface area contributed by atoms with Gasteiger partial charge < -0.3 is 19.3 Å². The number of amides is 3. The molecule has 0 saturated carbocycles. The topological polar surface area (TPSA) is 62.3 Å². The summed E-state index contributed by atoms with van der Waals surface area (Å²) < 4.78 is 10.6. The van der Waals surface area contributed by atoms with E-state index in [0.29, 0.717) is 37.7 Å². The lowest BCUT2D eigenvalue weighted by Gasteiger charge is -2.30. The van der Waals surface area contributed by atoms with Gasteiger partial charge in [-0.05, 0) is 29.7 Å². The Hall–Kier alpha value is -3.22. The maximum Gasteiger partial charge on any atom is 0.325 e. The van der Waals surface area contributed by atoms with Crippen LogP contribution in [-0.4, -0.2) is 62.1 Å². The molecule has 7 heteroatoms. The first-order valence-corrected chi connectivity index (χ1v) is 9.73. The molecule has 152 valence electrons. The maximum atomic E-state index is 12.9. The van der Waals surface area contributed by atoms with Crippen LogP contribution in [0.5, 0.6) is 11.5 Å². The van der Waals surface area contributed by atoms with Crippen molar-refractivity contribution in [3.05, 3.63) is 53.6 Å². The SMILES string of the molecule is COc1ccc(N2CCN(CC(=O)N3CCc4ccccc4C3)C2=O)cc1OC. The number of carbonyl (C=O) groups excluding carboxylic acids is 2. The Kier molecular flexibility index (Phi) is 5.29. The second-order valence-corrected chi connectivity index (χ2v) is 7.23. The van der Waals surface area contributed by atoms with Crippen molar-refractivity contribution in [2.45, 2.75) is 13.0 Å². The number of methoxy groups -OCH3 is 2. The van der Waals surface area contributed by atoms with E-state index in [1.54, 1.807) is 36.2 Å². The van der Waals surface area contributed by atoms with E-state index in [1.165, 1.54) is 11.1 Å². The largest absolute Gasteiger partial charge is 0.493 e. The van der Waals surface area contributed by atoms with Crippen LogP contribution in [0.4, 0.5) is 10.5 Å². The van der Waals surface area contributed by atoms with Crippen molar-refractivity contribution < 1.29 is 19.1 Å². The number of anilines is 1. The van der Waals surface area contributed by atoms with Gasteiger partial charge in [-0.1, -0.05) is 24.3 Å². The van der Waals surface area contributed by atoms with Crippen LogP contribution < -0.4 is 14.4 Å². The molecule has 2 heterocycles. The number of hydrogen-bond acceptors (Lipinski definition) is 4. The molecule has 7 nitrogen and oxygen atoms in total. The zero-order chi connectivity index (χ0) is 20.4. The highest BCUT2D eigenvalue weighted by Crippen LogP contribution is 2.32. The van der Waals surface area contributed by atoms with Gasteiger partial charge in [-0.25, -0.2) is 4.79 Å². The van der Waals surface area contributed by atoms with Crippen molar-refractivity contribution in [2.24, 2.45) is 0 Å². The van der Waals surface area contributed by atoms with Crippen molar-refractivity contribution in [3.63, 3.8) is 0 Å². The average molecular weight is 395 g/mol. The molecule has 0 aliphatic carbocycles. The smallest absolute Gasteiger partial charge is 0.325 e. The van der Waals surface area contributed by atoms with Crippen LogP contribution in [0.25, 0.3) is 0 Å². The van der Waals surface area contributed by atoms with Crippen molar-refractivity contribution in [3.8, 4) is 11.5 Å². The van der Waals surface area contributed by atoms with E-state index in [0.717, 1.165) is 12.1 Å². The van der Waals surface area contributed by atoms with E-state index in [1.807, 2.05) is 23.1 Å². The molecule has 2 aliphatic heterocycles. The minimum Gasteiger partial charge on any atom is -0.493 e. The number of ether oxygens (including phenoxy) is 2. The van der Waals surface area contributed by atoms with Gasteiger partial charge in [0.05, 0.1) is 14.2 Å². The standard InChI is InChI=1S/C22H25N3O4/c1-28-19-8-7-18(13-20(19)29-2)25-12-11-24(22(25)27)15-21(26)23-10-9-16-5-3-4-6-17(16)14-23/h3-8,13H,9-12,14-15H2,1-2H3. The highest BCUT2D eigenvalue weighted by atomic mass is 16.5. The third-order valence-electron chi connectivity index (χ3n) is 5.58. The average Bonchev–Trinajstić information content (AvgIpc) is 3.12. The zero-order valence-corrected chi connectivity index (χ0v) is 16.8. The molecule has 0 aromatic heterocycles. The van der Waals surface area contributed by atoms with E-state index >= 15 is 0 Å². The summed E-state index contributed by atoms with van der Waals surface area (Å²) in [6.45, 7) is 2.45. The summed E-state index contributed by atoms with van der Waals surface area (Å²) in [5, 5.41) is 0. The number of carbonyl (C=O) groups is 2. The van der Waals surface area contributed by atoms with E-state index < -0.39 is 0 Å². The number of nitrogens with zero attached hydrogens (tertiary/aromatic N) is 3. The summed E-state index contributed by atoms with van der Waals surface area (Å²) in [6.07, 6.45) is 0.855. The Labute approximate surface area is 170 Å². The first kappa shape index (κ1) is 19.1. The molecule has 29 heavy (non-hydrogen) atoms. The molecule has 2 aromatic carbocycles.